The fourth-order valence-electron chi connectivity index (χ4n) is 2.53. The molecule has 0 aliphatic rings. The molecule has 24 heavy (non-hydrogen) atoms. The van der Waals surface area contributed by atoms with Gasteiger partial charge in [-0.1, -0.05) is 0 Å². The highest BCUT2D eigenvalue weighted by atomic mass is 16.6. The number of nitrogens with one attached hydrogen (secondary N) is 2. The van der Waals surface area contributed by atoms with Crippen LogP contribution in [0.15, 0.2) is 42.5 Å². The summed E-state index contributed by atoms with van der Waals surface area (Å²) in [4.78, 5) is 26.0. The molecule has 0 fully saturated rings. The van der Waals surface area contributed by atoms with Gasteiger partial charge in [-0.05, 0) is 43.3 Å². The zero-order valence-electron chi connectivity index (χ0n) is 13.1. The Kier molecular flexibility index (Phi) is 3.91. The van der Waals surface area contributed by atoms with Crippen LogP contribution in [-0.2, 0) is 0 Å². The molecule has 7 heteroatoms. The van der Waals surface area contributed by atoms with E-state index in [0.29, 0.717) is 5.69 Å². The number of rotatable bonds is 4. The summed E-state index contributed by atoms with van der Waals surface area (Å²) in [6, 6.07) is 11.6. The zero-order chi connectivity index (χ0) is 17.3. The van der Waals surface area contributed by atoms with E-state index in [1.165, 1.54) is 25.3 Å². The van der Waals surface area contributed by atoms with Crippen LogP contribution in [0.1, 0.15) is 16.1 Å². The molecule has 0 bridgehead atoms. The monoisotopic (exact) mass is 325 g/mol. The molecule has 7 nitrogen and oxygen atoms in total. The van der Waals surface area contributed by atoms with Gasteiger partial charge >= 0.3 is 5.69 Å². The first-order chi connectivity index (χ1) is 11.5. The van der Waals surface area contributed by atoms with E-state index < -0.39 is 10.8 Å². The second-order valence-corrected chi connectivity index (χ2v) is 5.35. The van der Waals surface area contributed by atoms with Gasteiger partial charge in [-0.3, -0.25) is 14.9 Å². The van der Waals surface area contributed by atoms with E-state index in [0.717, 1.165) is 16.6 Å². The van der Waals surface area contributed by atoms with Crippen molar-refractivity contribution >= 4 is 28.2 Å². The number of fused-ring (bicyclic) bond motifs is 1. The van der Waals surface area contributed by atoms with Crippen LogP contribution >= 0.6 is 0 Å². The zero-order valence-corrected chi connectivity index (χ0v) is 13.1. The Bertz CT molecular complexity index is 946. The number of nitrogens with zero attached hydrogens (tertiary/aromatic N) is 1. The fourth-order valence-corrected chi connectivity index (χ4v) is 2.53. The molecule has 0 atom stereocenters. The summed E-state index contributed by atoms with van der Waals surface area (Å²) in [5.41, 5.74) is 2.56. The summed E-state index contributed by atoms with van der Waals surface area (Å²) in [7, 11) is 1.34. The van der Waals surface area contributed by atoms with Crippen LogP contribution in [0.2, 0.25) is 0 Å². The Morgan fingerprint density at radius 3 is 2.71 bits per heavy atom. The molecule has 0 unspecified atom stereocenters. The number of anilines is 1. The Morgan fingerprint density at radius 2 is 2.00 bits per heavy atom. The van der Waals surface area contributed by atoms with Crippen LogP contribution < -0.4 is 10.1 Å². The van der Waals surface area contributed by atoms with E-state index in [4.69, 9.17) is 4.74 Å². The van der Waals surface area contributed by atoms with Crippen LogP contribution in [0.25, 0.3) is 10.9 Å². The van der Waals surface area contributed by atoms with Crippen molar-refractivity contribution in [2.45, 2.75) is 6.92 Å². The lowest BCUT2D eigenvalue weighted by molar-refractivity contribution is -0.385. The number of carbonyl (C=O) groups is 1. The van der Waals surface area contributed by atoms with Gasteiger partial charge in [0, 0.05) is 33.9 Å². The maximum absolute atomic E-state index is 12.3. The first-order valence-electron chi connectivity index (χ1n) is 7.21. The molecule has 0 spiro atoms. The van der Waals surface area contributed by atoms with Crippen LogP contribution in [0.5, 0.6) is 5.75 Å². The maximum atomic E-state index is 12.3. The summed E-state index contributed by atoms with van der Waals surface area (Å²) in [6.45, 7) is 1.95. The van der Waals surface area contributed by atoms with Gasteiger partial charge in [0.15, 0.2) is 5.75 Å². The lowest BCUT2D eigenvalue weighted by atomic mass is 10.1. The highest BCUT2D eigenvalue weighted by Crippen LogP contribution is 2.28. The van der Waals surface area contributed by atoms with Crippen LogP contribution in [0.3, 0.4) is 0 Å². The first-order valence-corrected chi connectivity index (χ1v) is 7.21. The van der Waals surface area contributed by atoms with E-state index in [1.54, 1.807) is 6.07 Å². The number of aromatic amines is 1. The minimum atomic E-state index is -0.579. The van der Waals surface area contributed by atoms with E-state index >= 15 is 0 Å². The third-order valence-corrected chi connectivity index (χ3v) is 3.65. The van der Waals surface area contributed by atoms with Crippen molar-refractivity contribution in [1.29, 1.82) is 0 Å². The largest absolute Gasteiger partial charge is 0.490 e. The van der Waals surface area contributed by atoms with Gasteiger partial charge in [-0.15, -0.1) is 0 Å². The van der Waals surface area contributed by atoms with Gasteiger partial charge in [-0.2, -0.15) is 0 Å². The smallest absolute Gasteiger partial charge is 0.311 e. The van der Waals surface area contributed by atoms with Gasteiger partial charge in [0.05, 0.1) is 12.0 Å². The normalized spacial score (nSPS) is 10.6. The number of benzene rings is 2. The highest BCUT2D eigenvalue weighted by molar-refractivity contribution is 6.05. The minimum absolute atomic E-state index is 0.112. The SMILES string of the molecule is COc1ccc(C(=O)Nc2ccc3[nH]c(C)cc3c2)cc1[N+](=O)[O-]. The molecule has 1 amide bonds. The lowest BCUT2D eigenvalue weighted by Crippen LogP contribution is -2.12. The standard InChI is InChI=1S/C17H15N3O4/c1-10-7-12-8-13(4-5-14(12)18-10)19-17(21)11-3-6-16(24-2)15(9-11)20(22)23/h3-9,18H,1-2H3,(H,19,21). The van der Waals surface area contributed by atoms with Crippen LogP contribution in [-0.4, -0.2) is 22.9 Å². The highest BCUT2D eigenvalue weighted by Gasteiger charge is 2.18. The number of hydrogen-bond acceptors (Lipinski definition) is 4. The van der Waals surface area contributed by atoms with E-state index in [-0.39, 0.29) is 17.0 Å². The van der Waals surface area contributed by atoms with Crippen LogP contribution in [0.4, 0.5) is 11.4 Å². The van der Waals surface area contributed by atoms with E-state index in [9.17, 15) is 14.9 Å². The Balaban J connectivity index is 1.88. The molecule has 3 aromatic rings. The average molecular weight is 325 g/mol. The number of H-pyrrole nitrogens is 1. The molecular weight excluding hydrogens is 310 g/mol. The minimum Gasteiger partial charge on any atom is -0.490 e. The molecule has 0 aliphatic carbocycles. The van der Waals surface area contributed by atoms with Crippen molar-refractivity contribution in [3.8, 4) is 5.75 Å². The molecule has 0 saturated carbocycles. The molecule has 1 heterocycles. The van der Waals surface area contributed by atoms with E-state index in [2.05, 4.69) is 10.3 Å². The third kappa shape index (κ3) is 2.91. The number of carbonyl (C=O) groups excluding carboxylic acids is 1. The predicted molar refractivity (Wildman–Crippen MR) is 90.6 cm³/mol. The number of nitro groups is 1. The topological polar surface area (TPSA) is 97.3 Å². The van der Waals surface area contributed by atoms with Gasteiger partial charge in [-0.25, -0.2) is 0 Å². The average Bonchev–Trinajstić information content (AvgIpc) is 2.93. The number of amides is 1. The number of hydrogen-bond donors (Lipinski definition) is 2. The van der Waals surface area contributed by atoms with Gasteiger partial charge in [0.1, 0.15) is 0 Å². The molecule has 2 N–H and O–H groups in total. The van der Waals surface area contributed by atoms with Crippen molar-refractivity contribution < 1.29 is 14.5 Å². The summed E-state index contributed by atoms with van der Waals surface area (Å²) >= 11 is 0. The molecule has 0 aliphatic heterocycles. The van der Waals surface area contributed by atoms with Gasteiger partial charge in [0.2, 0.25) is 0 Å². The van der Waals surface area contributed by atoms with Crippen molar-refractivity contribution in [2.75, 3.05) is 12.4 Å². The fraction of sp³-hybridized carbons (Fsp3) is 0.118. The number of aryl methyl sites for hydroxylation is 1. The molecule has 0 saturated heterocycles. The quantitative estimate of drug-likeness (QED) is 0.565. The second kappa shape index (κ2) is 6.04. The second-order valence-electron chi connectivity index (χ2n) is 5.35. The Hall–Kier alpha value is -3.35. The molecule has 122 valence electrons. The Labute approximate surface area is 137 Å². The summed E-state index contributed by atoms with van der Waals surface area (Å²) in [5.74, 6) is -0.312. The van der Waals surface area contributed by atoms with Crippen molar-refractivity contribution in [3.63, 3.8) is 0 Å². The predicted octanol–water partition coefficient (Wildman–Crippen LogP) is 3.65. The summed E-state index contributed by atoms with van der Waals surface area (Å²) < 4.78 is 4.93. The number of methoxy groups -OCH3 is 1. The van der Waals surface area contributed by atoms with Crippen LogP contribution in [0, 0.1) is 17.0 Å². The van der Waals surface area contributed by atoms with Gasteiger partial charge < -0.3 is 15.0 Å². The molecule has 2 aromatic carbocycles. The van der Waals surface area contributed by atoms with Crippen molar-refractivity contribution in [2.24, 2.45) is 0 Å². The van der Waals surface area contributed by atoms with Gasteiger partial charge in [0.25, 0.3) is 5.91 Å². The Morgan fingerprint density at radius 1 is 1.21 bits per heavy atom. The molecule has 0 radical (unpaired) electrons. The number of nitro benzene ring substituents is 1. The first kappa shape index (κ1) is 15.5. The molecule has 1 aromatic heterocycles. The maximum Gasteiger partial charge on any atom is 0.311 e. The molecule has 3 rings (SSSR count). The summed E-state index contributed by atoms with van der Waals surface area (Å²) in [5, 5.41) is 14.8. The number of aromatic nitrogens is 1. The number of ether oxygens (including phenoxy) is 1. The third-order valence-electron chi connectivity index (χ3n) is 3.65. The van der Waals surface area contributed by atoms with E-state index in [1.807, 2.05) is 25.1 Å². The molecular formula is C17H15N3O4. The van der Waals surface area contributed by atoms with Crippen molar-refractivity contribution in [3.05, 3.63) is 63.8 Å². The van der Waals surface area contributed by atoms with Crippen molar-refractivity contribution in [1.82, 2.24) is 4.98 Å². The summed E-state index contributed by atoms with van der Waals surface area (Å²) in [6.07, 6.45) is 0. The lowest BCUT2D eigenvalue weighted by Gasteiger charge is -2.07.